The lowest BCUT2D eigenvalue weighted by atomic mass is 10.3. The van der Waals surface area contributed by atoms with Crippen molar-refractivity contribution in [2.75, 3.05) is 0 Å². The fourth-order valence-electron chi connectivity index (χ4n) is 0.899. The topological polar surface area (TPSA) is 79.5 Å². The van der Waals surface area contributed by atoms with E-state index in [9.17, 15) is 9.59 Å². The van der Waals surface area contributed by atoms with Crippen molar-refractivity contribution >= 4 is 40.5 Å². The van der Waals surface area contributed by atoms with E-state index < -0.39 is 17.9 Å². The Morgan fingerprint density at radius 3 is 2.75 bits per heavy atom. The van der Waals surface area contributed by atoms with Crippen molar-refractivity contribution in [3.63, 3.8) is 0 Å². The van der Waals surface area contributed by atoms with E-state index in [1.807, 2.05) is 22.6 Å². The molecule has 6 heteroatoms. The van der Waals surface area contributed by atoms with E-state index in [2.05, 4.69) is 5.32 Å². The molecule has 0 fully saturated rings. The number of furan rings is 1. The first-order chi connectivity index (χ1) is 7.49. The fraction of sp³-hybridized carbons (Fsp3) is 0.200. The molecule has 86 valence electrons. The van der Waals surface area contributed by atoms with E-state index in [0.717, 1.165) is 3.77 Å². The Balaban J connectivity index is 2.51. The summed E-state index contributed by atoms with van der Waals surface area (Å²) in [5.74, 6) is -1.00. The number of carbonyl (C=O) groups excluding carboxylic acids is 1. The third-order valence-corrected chi connectivity index (χ3v) is 2.30. The maximum atomic E-state index is 11.2. The van der Waals surface area contributed by atoms with Gasteiger partial charge in [-0.1, -0.05) is 0 Å². The zero-order valence-electron chi connectivity index (χ0n) is 8.44. The maximum Gasteiger partial charge on any atom is 0.325 e. The lowest BCUT2D eigenvalue weighted by Crippen LogP contribution is -2.37. The van der Waals surface area contributed by atoms with Gasteiger partial charge in [-0.15, -0.1) is 0 Å². The van der Waals surface area contributed by atoms with Gasteiger partial charge in [0.1, 0.15) is 11.8 Å². The van der Waals surface area contributed by atoms with E-state index in [1.54, 1.807) is 12.1 Å². The molecule has 0 saturated heterocycles. The van der Waals surface area contributed by atoms with Crippen molar-refractivity contribution in [2.45, 2.75) is 13.0 Å². The van der Waals surface area contributed by atoms with Gasteiger partial charge >= 0.3 is 5.97 Å². The van der Waals surface area contributed by atoms with E-state index in [-0.39, 0.29) is 0 Å². The van der Waals surface area contributed by atoms with Gasteiger partial charge < -0.3 is 14.8 Å². The molecule has 1 aromatic rings. The molecule has 0 bridgehead atoms. The van der Waals surface area contributed by atoms with Crippen LogP contribution in [-0.4, -0.2) is 23.0 Å². The predicted octanol–water partition coefficient (Wildman–Crippen LogP) is 1.49. The van der Waals surface area contributed by atoms with E-state index in [4.69, 9.17) is 9.52 Å². The van der Waals surface area contributed by atoms with Crippen LogP contribution in [0.15, 0.2) is 22.6 Å². The van der Waals surface area contributed by atoms with Crippen LogP contribution >= 0.6 is 22.6 Å². The molecule has 1 amide bonds. The number of amides is 1. The standard InChI is InChI=1S/C10H10INO4/c1-6(10(14)15)12-9(13)5-3-7-2-4-8(11)16-7/h2-6H,1H3,(H,12,13)(H,14,15)/b5-3+/t6-/m1/s1. The van der Waals surface area contributed by atoms with Crippen molar-refractivity contribution in [2.24, 2.45) is 0 Å². The Bertz CT molecular complexity index is 424. The summed E-state index contributed by atoms with van der Waals surface area (Å²) < 4.78 is 5.91. The highest BCUT2D eigenvalue weighted by molar-refractivity contribution is 14.1. The van der Waals surface area contributed by atoms with Crippen molar-refractivity contribution in [1.29, 1.82) is 0 Å². The van der Waals surface area contributed by atoms with Gasteiger partial charge in [-0.05, 0) is 47.7 Å². The molecule has 0 aromatic carbocycles. The van der Waals surface area contributed by atoms with E-state index >= 15 is 0 Å². The molecule has 2 N–H and O–H groups in total. The average Bonchev–Trinajstić information content (AvgIpc) is 2.61. The summed E-state index contributed by atoms with van der Waals surface area (Å²) in [6.45, 7) is 1.39. The first-order valence-electron chi connectivity index (χ1n) is 4.46. The summed E-state index contributed by atoms with van der Waals surface area (Å²) in [6, 6.07) is 2.57. The van der Waals surface area contributed by atoms with Crippen molar-refractivity contribution in [3.8, 4) is 0 Å². The third kappa shape index (κ3) is 4.05. The third-order valence-electron chi connectivity index (χ3n) is 1.72. The summed E-state index contributed by atoms with van der Waals surface area (Å²) in [6.07, 6.45) is 2.71. The summed E-state index contributed by atoms with van der Waals surface area (Å²) in [4.78, 5) is 21.7. The first kappa shape index (κ1) is 12.8. The highest BCUT2D eigenvalue weighted by Gasteiger charge is 2.11. The van der Waals surface area contributed by atoms with Gasteiger partial charge in [-0.2, -0.15) is 0 Å². The lowest BCUT2D eigenvalue weighted by molar-refractivity contribution is -0.140. The molecule has 1 aromatic heterocycles. The quantitative estimate of drug-likeness (QED) is 0.645. The van der Waals surface area contributed by atoms with Crippen LogP contribution in [0.5, 0.6) is 0 Å². The monoisotopic (exact) mass is 335 g/mol. The molecule has 0 radical (unpaired) electrons. The molecule has 0 unspecified atom stereocenters. The second-order valence-electron chi connectivity index (χ2n) is 3.04. The Morgan fingerprint density at radius 2 is 2.25 bits per heavy atom. The Hall–Kier alpha value is -1.31. The minimum absolute atomic E-state index is 0.471. The fourth-order valence-corrected chi connectivity index (χ4v) is 1.33. The van der Waals surface area contributed by atoms with Gasteiger partial charge in [0.15, 0.2) is 3.77 Å². The second kappa shape index (κ2) is 5.69. The molecular weight excluding hydrogens is 325 g/mol. The smallest absolute Gasteiger partial charge is 0.325 e. The molecule has 1 rings (SSSR count). The van der Waals surface area contributed by atoms with Gasteiger partial charge in [-0.3, -0.25) is 9.59 Å². The van der Waals surface area contributed by atoms with Crippen molar-refractivity contribution < 1.29 is 19.1 Å². The van der Waals surface area contributed by atoms with Crippen LogP contribution in [0.1, 0.15) is 12.7 Å². The second-order valence-corrected chi connectivity index (χ2v) is 4.11. The molecule has 0 aliphatic rings. The summed E-state index contributed by atoms with van der Waals surface area (Å²) in [5, 5.41) is 10.8. The molecular formula is C10H10INO4. The number of rotatable bonds is 4. The van der Waals surface area contributed by atoms with Crippen LogP contribution in [0, 0.1) is 3.77 Å². The molecule has 1 atom stereocenters. The first-order valence-corrected chi connectivity index (χ1v) is 5.53. The molecule has 1 heterocycles. The zero-order chi connectivity index (χ0) is 12.1. The zero-order valence-corrected chi connectivity index (χ0v) is 10.6. The summed E-state index contributed by atoms with van der Waals surface area (Å²) >= 11 is 2.01. The largest absolute Gasteiger partial charge is 0.480 e. The number of carbonyl (C=O) groups is 2. The van der Waals surface area contributed by atoms with Crippen LogP contribution in [0.2, 0.25) is 0 Å². The van der Waals surface area contributed by atoms with Gasteiger partial charge in [0, 0.05) is 6.08 Å². The molecule has 0 aliphatic heterocycles. The summed E-state index contributed by atoms with van der Waals surface area (Å²) in [5.41, 5.74) is 0. The number of hydrogen-bond donors (Lipinski definition) is 2. The SMILES string of the molecule is C[C@@H](NC(=O)/C=C/c1ccc(I)o1)C(=O)O. The number of carboxylic acids is 1. The molecule has 0 saturated carbocycles. The van der Waals surface area contributed by atoms with Crippen molar-refractivity contribution in [3.05, 3.63) is 27.7 Å². The predicted molar refractivity (Wildman–Crippen MR) is 65.7 cm³/mol. The molecule has 16 heavy (non-hydrogen) atoms. The van der Waals surface area contributed by atoms with Crippen LogP contribution < -0.4 is 5.32 Å². The highest BCUT2D eigenvalue weighted by Crippen LogP contribution is 2.11. The Kier molecular flexibility index (Phi) is 4.53. The number of halogens is 1. The normalized spacial score (nSPS) is 12.6. The molecule has 5 nitrogen and oxygen atoms in total. The van der Waals surface area contributed by atoms with Gasteiger partial charge in [-0.25, -0.2) is 0 Å². The van der Waals surface area contributed by atoms with Gasteiger partial charge in [0.25, 0.3) is 0 Å². The number of nitrogens with one attached hydrogen (secondary N) is 1. The van der Waals surface area contributed by atoms with E-state index in [0.29, 0.717) is 5.76 Å². The molecule has 0 aliphatic carbocycles. The minimum Gasteiger partial charge on any atom is -0.480 e. The average molecular weight is 335 g/mol. The Labute approximate surface area is 106 Å². The number of aliphatic carboxylic acids is 1. The molecule has 0 spiro atoms. The lowest BCUT2D eigenvalue weighted by Gasteiger charge is -2.05. The van der Waals surface area contributed by atoms with Crippen LogP contribution in [-0.2, 0) is 9.59 Å². The van der Waals surface area contributed by atoms with Gasteiger partial charge in [0.05, 0.1) is 0 Å². The minimum atomic E-state index is -1.07. The number of hydrogen-bond acceptors (Lipinski definition) is 3. The van der Waals surface area contributed by atoms with Crippen LogP contribution in [0.3, 0.4) is 0 Å². The highest BCUT2D eigenvalue weighted by atomic mass is 127. The summed E-state index contributed by atoms with van der Waals surface area (Å²) in [7, 11) is 0. The Morgan fingerprint density at radius 1 is 1.56 bits per heavy atom. The van der Waals surface area contributed by atoms with Crippen LogP contribution in [0.25, 0.3) is 6.08 Å². The van der Waals surface area contributed by atoms with Crippen molar-refractivity contribution in [1.82, 2.24) is 5.32 Å². The van der Waals surface area contributed by atoms with Crippen LogP contribution in [0.4, 0.5) is 0 Å². The number of carboxylic acid groups (broad SMARTS) is 1. The van der Waals surface area contributed by atoms with E-state index in [1.165, 1.54) is 19.1 Å². The maximum absolute atomic E-state index is 11.2. The van der Waals surface area contributed by atoms with Gasteiger partial charge in [0.2, 0.25) is 5.91 Å².